The molecular formula is C14H19ClN4. The second kappa shape index (κ2) is 6.17. The summed E-state index contributed by atoms with van der Waals surface area (Å²) < 4.78 is 1.87. The second-order valence-corrected chi connectivity index (χ2v) is 5.07. The van der Waals surface area contributed by atoms with Gasteiger partial charge in [0.2, 0.25) is 0 Å². The number of aryl methyl sites for hydroxylation is 1. The van der Waals surface area contributed by atoms with E-state index in [4.69, 9.17) is 17.3 Å². The minimum absolute atomic E-state index is 0.415. The van der Waals surface area contributed by atoms with Crippen molar-refractivity contribution in [3.05, 3.63) is 40.2 Å². The van der Waals surface area contributed by atoms with Gasteiger partial charge in [-0.1, -0.05) is 36.2 Å². The number of nitrogens with zero attached hydrogens (tertiary/aromatic N) is 3. The zero-order chi connectivity index (χ0) is 13.8. The highest BCUT2D eigenvalue weighted by Gasteiger charge is 2.14. The van der Waals surface area contributed by atoms with Gasteiger partial charge in [0.25, 0.3) is 0 Å². The maximum absolute atomic E-state index is 6.08. The van der Waals surface area contributed by atoms with E-state index in [0.29, 0.717) is 11.6 Å². The maximum atomic E-state index is 6.08. The minimum atomic E-state index is 0.415. The van der Waals surface area contributed by atoms with E-state index >= 15 is 0 Å². The molecule has 102 valence electrons. The van der Waals surface area contributed by atoms with Crippen LogP contribution in [0.25, 0.3) is 5.69 Å². The number of rotatable bonds is 5. The number of nitrogens with two attached hydrogens (primary N) is 1. The molecule has 0 radical (unpaired) electrons. The summed E-state index contributed by atoms with van der Waals surface area (Å²) in [4.78, 5) is 0. The Kier molecular flexibility index (Phi) is 4.56. The van der Waals surface area contributed by atoms with Gasteiger partial charge in [-0.25, -0.2) is 4.68 Å². The first-order valence-corrected chi connectivity index (χ1v) is 6.95. The normalized spacial score (nSPS) is 10.9. The summed E-state index contributed by atoms with van der Waals surface area (Å²) in [6.07, 6.45) is 3.16. The van der Waals surface area contributed by atoms with Crippen molar-refractivity contribution in [1.82, 2.24) is 15.0 Å². The molecule has 4 nitrogen and oxygen atoms in total. The summed E-state index contributed by atoms with van der Waals surface area (Å²) in [7, 11) is 0. The molecule has 0 unspecified atom stereocenters. The van der Waals surface area contributed by atoms with Crippen LogP contribution in [0.3, 0.4) is 0 Å². The molecule has 2 rings (SSSR count). The van der Waals surface area contributed by atoms with Crippen LogP contribution >= 0.6 is 11.6 Å². The molecule has 0 bridgehead atoms. The van der Waals surface area contributed by atoms with Gasteiger partial charge in [-0.3, -0.25) is 0 Å². The molecule has 0 amide bonds. The van der Waals surface area contributed by atoms with E-state index in [1.54, 1.807) is 0 Å². The molecule has 0 aliphatic rings. The third-order valence-electron chi connectivity index (χ3n) is 3.20. The number of aromatic nitrogens is 3. The summed E-state index contributed by atoms with van der Waals surface area (Å²) in [6.45, 7) is 4.62. The first-order chi connectivity index (χ1) is 9.17. The van der Waals surface area contributed by atoms with Crippen LogP contribution in [0, 0.1) is 6.92 Å². The number of halogens is 1. The van der Waals surface area contributed by atoms with Crippen molar-refractivity contribution in [2.45, 2.75) is 39.7 Å². The van der Waals surface area contributed by atoms with Crippen molar-refractivity contribution in [2.75, 3.05) is 0 Å². The van der Waals surface area contributed by atoms with Gasteiger partial charge >= 0.3 is 0 Å². The average molecular weight is 279 g/mol. The quantitative estimate of drug-likeness (QED) is 0.915. The summed E-state index contributed by atoms with van der Waals surface area (Å²) in [6, 6.07) is 5.79. The molecule has 0 saturated carbocycles. The lowest BCUT2D eigenvalue weighted by molar-refractivity contribution is 0.712. The molecule has 19 heavy (non-hydrogen) atoms. The maximum Gasteiger partial charge on any atom is 0.0999 e. The lowest BCUT2D eigenvalue weighted by atomic mass is 10.1. The lowest BCUT2D eigenvalue weighted by Gasteiger charge is -2.10. The van der Waals surface area contributed by atoms with Crippen LogP contribution in [-0.4, -0.2) is 15.0 Å². The molecule has 5 heteroatoms. The van der Waals surface area contributed by atoms with Gasteiger partial charge in [0.05, 0.1) is 17.1 Å². The monoisotopic (exact) mass is 278 g/mol. The topological polar surface area (TPSA) is 56.7 Å². The highest BCUT2D eigenvalue weighted by Crippen LogP contribution is 2.22. The van der Waals surface area contributed by atoms with E-state index in [1.807, 2.05) is 29.8 Å². The summed E-state index contributed by atoms with van der Waals surface area (Å²) in [5.41, 5.74) is 9.80. The number of hydrogen-bond donors (Lipinski definition) is 1. The van der Waals surface area contributed by atoms with Gasteiger partial charge in [0.15, 0.2) is 0 Å². The molecule has 2 N–H and O–H groups in total. The van der Waals surface area contributed by atoms with Gasteiger partial charge in [0.1, 0.15) is 0 Å². The molecule has 1 aromatic heterocycles. The molecule has 0 saturated heterocycles. The van der Waals surface area contributed by atoms with Crippen molar-refractivity contribution < 1.29 is 0 Å². The van der Waals surface area contributed by atoms with Crippen LogP contribution in [0.2, 0.25) is 5.02 Å². The number of benzene rings is 1. The molecule has 1 heterocycles. The molecule has 0 fully saturated rings. The smallest absolute Gasteiger partial charge is 0.0999 e. The Morgan fingerprint density at radius 1 is 1.37 bits per heavy atom. The summed E-state index contributed by atoms with van der Waals surface area (Å²) in [5.74, 6) is 0. The van der Waals surface area contributed by atoms with Crippen LogP contribution in [0.1, 0.15) is 36.7 Å². The molecular weight excluding hydrogens is 260 g/mol. The molecule has 0 aliphatic heterocycles. The molecule has 2 aromatic rings. The Morgan fingerprint density at radius 3 is 2.84 bits per heavy atom. The fraction of sp³-hybridized carbons (Fsp3) is 0.429. The molecule has 0 atom stereocenters. The van der Waals surface area contributed by atoms with Gasteiger partial charge < -0.3 is 5.73 Å². The zero-order valence-corrected chi connectivity index (χ0v) is 12.1. The van der Waals surface area contributed by atoms with Crippen LogP contribution in [-0.2, 0) is 13.0 Å². The predicted molar refractivity (Wildman–Crippen MR) is 77.6 cm³/mol. The Hall–Kier alpha value is -1.39. The Labute approximate surface area is 118 Å². The van der Waals surface area contributed by atoms with E-state index in [1.165, 1.54) is 0 Å². The summed E-state index contributed by atoms with van der Waals surface area (Å²) >= 11 is 6.08. The van der Waals surface area contributed by atoms with E-state index in [9.17, 15) is 0 Å². The SMILES string of the molecule is CCCCc1c(CN)nnn1-c1cc(Cl)ccc1C. The van der Waals surface area contributed by atoms with Crippen molar-refractivity contribution in [3.63, 3.8) is 0 Å². The van der Waals surface area contributed by atoms with Gasteiger partial charge in [0, 0.05) is 11.6 Å². The largest absolute Gasteiger partial charge is 0.325 e. The van der Waals surface area contributed by atoms with Crippen LogP contribution in [0.15, 0.2) is 18.2 Å². The minimum Gasteiger partial charge on any atom is -0.325 e. The lowest BCUT2D eigenvalue weighted by Crippen LogP contribution is -2.07. The third-order valence-corrected chi connectivity index (χ3v) is 3.44. The van der Waals surface area contributed by atoms with Crippen LogP contribution < -0.4 is 5.73 Å². The first-order valence-electron chi connectivity index (χ1n) is 6.57. The van der Waals surface area contributed by atoms with Crippen molar-refractivity contribution in [1.29, 1.82) is 0 Å². The third kappa shape index (κ3) is 2.96. The fourth-order valence-electron chi connectivity index (χ4n) is 2.09. The van der Waals surface area contributed by atoms with Crippen molar-refractivity contribution in [3.8, 4) is 5.69 Å². The molecule has 1 aromatic carbocycles. The van der Waals surface area contributed by atoms with E-state index in [-0.39, 0.29) is 0 Å². The van der Waals surface area contributed by atoms with Crippen molar-refractivity contribution in [2.24, 2.45) is 5.73 Å². The predicted octanol–water partition coefficient (Wildman–Crippen LogP) is 3.03. The Bertz CT molecular complexity index is 563. The van der Waals surface area contributed by atoms with Gasteiger partial charge in [-0.15, -0.1) is 5.10 Å². The van der Waals surface area contributed by atoms with Gasteiger partial charge in [-0.05, 0) is 37.5 Å². The molecule has 0 aliphatic carbocycles. The highest BCUT2D eigenvalue weighted by atomic mass is 35.5. The summed E-state index contributed by atoms with van der Waals surface area (Å²) in [5, 5.41) is 9.12. The fourth-order valence-corrected chi connectivity index (χ4v) is 2.26. The van der Waals surface area contributed by atoms with E-state index in [2.05, 4.69) is 17.2 Å². The second-order valence-electron chi connectivity index (χ2n) is 4.63. The Morgan fingerprint density at radius 2 is 2.16 bits per heavy atom. The van der Waals surface area contributed by atoms with E-state index < -0.39 is 0 Å². The molecule has 0 spiro atoms. The zero-order valence-electron chi connectivity index (χ0n) is 11.4. The first kappa shape index (κ1) is 14.0. The standard InChI is InChI=1S/C14H19ClN4/c1-3-4-5-13-12(9-16)17-18-19(13)14-8-11(15)7-6-10(14)2/h6-8H,3-5,9,16H2,1-2H3. The van der Waals surface area contributed by atoms with Crippen molar-refractivity contribution >= 4 is 11.6 Å². The van der Waals surface area contributed by atoms with Crippen LogP contribution in [0.5, 0.6) is 0 Å². The Balaban J connectivity index is 2.49. The average Bonchev–Trinajstić information content (AvgIpc) is 2.81. The van der Waals surface area contributed by atoms with Crippen LogP contribution in [0.4, 0.5) is 0 Å². The number of unbranched alkanes of at least 4 members (excludes halogenated alkanes) is 1. The van der Waals surface area contributed by atoms with Gasteiger partial charge in [-0.2, -0.15) is 0 Å². The van der Waals surface area contributed by atoms with E-state index in [0.717, 1.165) is 41.9 Å². The highest BCUT2D eigenvalue weighted by molar-refractivity contribution is 6.30. The number of hydrogen-bond acceptors (Lipinski definition) is 3.